The molecule has 1 aliphatic heterocycles. The lowest BCUT2D eigenvalue weighted by atomic mass is 9.95. The van der Waals surface area contributed by atoms with Gasteiger partial charge in [-0.25, -0.2) is 9.36 Å². The summed E-state index contributed by atoms with van der Waals surface area (Å²) in [4.78, 5) is 28.9. The van der Waals surface area contributed by atoms with E-state index in [-0.39, 0.29) is 41.2 Å². The van der Waals surface area contributed by atoms with Gasteiger partial charge in [-0.05, 0) is 105 Å². The summed E-state index contributed by atoms with van der Waals surface area (Å²) >= 11 is 0. The molecule has 0 spiro atoms. The number of nitrogens with one attached hydrogen (secondary N) is 1. The lowest BCUT2D eigenvalue weighted by molar-refractivity contribution is -0.125. The minimum atomic E-state index is -0.426. The van der Waals surface area contributed by atoms with Crippen LogP contribution in [-0.4, -0.2) is 85.0 Å². The van der Waals surface area contributed by atoms with Crippen molar-refractivity contribution in [3.05, 3.63) is 66.0 Å². The Bertz CT molecular complexity index is 2060. The number of nitrogens with zero attached hydrogens (tertiary/aromatic N) is 7. The van der Waals surface area contributed by atoms with Crippen LogP contribution in [0.4, 0.5) is 5.69 Å². The van der Waals surface area contributed by atoms with Crippen molar-refractivity contribution in [3.8, 4) is 22.5 Å². The van der Waals surface area contributed by atoms with E-state index in [1.54, 1.807) is 4.90 Å². The Morgan fingerprint density at radius 2 is 1.35 bits per heavy atom. The van der Waals surface area contributed by atoms with E-state index in [1.807, 2.05) is 78.8 Å². The van der Waals surface area contributed by atoms with E-state index in [9.17, 15) is 9.59 Å². The standard InChI is InChI=1S/C47H70N8O5/c1-34-31-55(52-49-34)44(5,6)25-29-58-46(9,10)24-28-54-42-36-18-14-13-17-35(36)32-53(38-20-16-15-19-37(38)41(42)50-51-54)40(57)22-21-39(56)48-27-23-45(7,8)59-30-26-47(11,12)60-33-43(2,3)4/h13-20,31H,21-30,32-33H2,1-12H3,(H,48,56). The van der Waals surface area contributed by atoms with Gasteiger partial charge in [-0.3, -0.25) is 9.59 Å². The van der Waals surface area contributed by atoms with Gasteiger partial charge in [0.1, 0.15) is 5.69 Å². The topological polar surface area (TPSA) is 139 Å². The van der Waals surface area contributed by atoms with Crippen LogP contribution in [0, 0.1) is 12.3 Å². The molecule has 13 heteroatoms. The van der Waals surface area contributed by atoms with Crippen LogP contribution < -0.4 is 10.2 Å². The maximum Gasteiger partial charge on any atom is 0.227 e. The summed E-state index contributed by atoms with van der Waals surface area (Å²) in [5.41, 5.74) is 4.75. The monoisotopic (exact) mass is 827 g/mol. The smallest absolute Gasteiger partial charge is 0.227 e. The Morgan fingerprint density at radius 1 is 0.717 bits per heavy atom. The third-order valence-electron chi connectivity index (χ3n) is 11.2. The van der Waals surface area contributed by atoms with Crippen molar-refractivity contribution in [2.24, 2.45) is 5.41 Å². The van der Waals surface area contributed by atoms with E-state index < -0.39 is 11.2 Å². The molecule has 0 saturated carbocycles. The molecular weight excluding hydrogens is 757 g/mol. The number of anilines is 1. The van der Waals surface area contributed by atoms with Crippen molar-refractivity contribution >= 4 is 17.5 Å². The van der Waals surface area contributed by atoms with Gasteiger partial charge in [0.2, 0.25) is 11.8 Å². The van der Waals surface area contributed by atoms with E-state index >= 15 is 0 Å². The minimum Gasteiger partial charge on any atom is -0.375 e. The summed E-state index contributed by atoms with van der Waals surface area (Å²) in [5.74, 6) is -0.299. The fraction of sp³-hybridized carbons (Fsp3) is 0.617. The molecule has 0 bridgehead atoms. The van der Waals surface area contributed by atoms with Gasteiger partial charge in [0, 0.05) is 49.9 Å². The van der Waals surface area contributed by atoms with Crippen molar-refractivity contribution in [2.75, 3.05) is 31.3 Å². The first-order chi connectivity index (χ1) is 28.0. The Morgan fingerprint density at radius 3 is 2.03 bits per heavy atom. The second-order valence-electron chi connectivity index (χ2n) is 20.0. The van der Waals surface area contributed by atoms with Crippen LogP contribution in [0.2, 0.25) is 0 Å². The number of hydrogen-bond acceptors (Lipinski definition) is 9. The summed E-state index contributed by atoms with van der Waals surface area (Å²) in [6.45, 7) is 28.4. The Hall–Kier alpha value is -4.46. The third-order valence-corrected chi connectivity index (χ3v) is 11.2. The van der Waals surface area contributed by atoms with E-state index in [0.717, 1.165) is 46.6 Å². The number of benzene rings is 2. The molecule has 0 aliphatic carbocycles. The fourth-order valence-electron chi connectivity index (χ4n) is 7.05. The molecule has 2 aromatic carbocycles. The summed E-state index contributed by atoms with van der Waals surface area (Å²) in [7, 11) is 0. The predicted octanol–water partition coefficient (Wildman–Crippen LogP) is 8.68. The summed E-state index contributed by atoms with van der Waals surface area (Å²) < 4.78 is 22.7. The molecule has 0 atom stereocenters. The van der Waals surface area contributed by atoms with Crippen molar-refractivity contribution < 1.29 is 23.8 Å². The maximum atomic E-state index is 14.1. The summed E-state index contributed by atoms with van der Waals surface area (Å²) in [6, 6.07) is 15.9. The van der Waals surface area contributed by atoms with Crippen LogP contribution in [-0.2, 0) is 42.4 Å². The number of ether oxygens (including phenoxy) is 3. The highest BCUT2D eigenvalue weighted by Crippen LogP contribution is 2.41. The number of amides is 2. The van der Waals surface area contributed by atoms with Crippen LogP contribution in [0.25, 0.3) is 22.5 Å². The number of para-hydroxylation sites is 1. The van der Waals surface area contributed by atoms with Crippen LogP contribution in [0.3, 0.4) is 0 Å². The number of aryl methyl sites for hydroxylation is 2. The van der Waals surface area contributed by atoms with Crippen molar-refractivity contribution in [3.63, 3.8) is 0 Å². The number of hydrogen-bond donors (Lipinski definition) is 1. The van der Waals surface area contributed by atoms with Crippen molar-refractivity contribution in [1.29, 1.82) is 0 Å². The van der Waals surface area contributed by atoms with Crippen LogP contribution in [0.5, 0.6) is 0 Å². The molecule has 1 aliphatic rings. The summed E-state index contributed by atoms with van der Waals surface area (Å²) in [6.07, 6.45) is 5.01. The molecule has 5 rings (SSSR count). The lowest BCUT2D eigenvalue weighted by Crippen LogP contribution is -2.36. The van der Waals surface area contributed by atoms with Crippen LogP contribution in [0.15, 0.2) is 54.7 Å². The van der Waals surface area contributed by atoms with Gasteiger partial charge in [0.15, 0.2) is 0 Å². The second kappa shape index (κ2) is 19.1. The number of carbonyl (C=O) groups is 2. The van der Waals surface area contributed by atoms with E-state index in [0.29, 0.717) is 58.0 Å². The third kappa shape index (κ3) is 13.0. The highest BCUT2D eigenvalue weighted by molar-refractivity contribution is 6.01. The highest BCUT2D eigenvalue weighted by atomic mass is 16.5. The Labute approximate surface area is 357 Å². The molecule has 60 heavy (non-hydrogen) atoms. The first kappa shape index (κ1) is 46.6. The lowest BCUT2D eigenvalue weighted by Gasteiger charge is -2.32. The quantitative estimate of drug-likeness (QED) is 0.0928. The van der Waals surface area contributed by atoms with Gasteiger partial charge in [0.25, 0.3) is 0 Å². The van der Waals surface area contributed by atoms with E-state index in [1.165, 1.54) is 0 Å². The first-order valence-corrected chi connectivity index (χ1v) is 21.5. The van der Waals surface area contributed by atoms with E-state index in [2.05, 4.69) is 89.2 Å². The van der Waals surface area contributed by atoms with Gasteiger partial charge in [-0.2, -0.15) is 0 Å². The molecule has 2 amide bonds. The Balaban J connectivity index is 1.19. The normalized spacial score (nSPS) is 13.6. The average Bonchev–Trinajstić information content (AvgIpc) is 3.80. The Kier molecular flexibility index (Phi) is 14.8. The number of carbonyl (C=O) groups excluding carboxylic acids is 2. The fourth-order valence-corrected chi connectivity index (χ4v) is 7.05. The predicted molar refractivity (Wildman–Crippen MR) is 236 cm³/mol. The number of rotatable bonds is 20. The molecule has 0 unspecified atom stereocenters. The van der Waals surface area contributed by atoms with Crippen molar-refractivity contribution in [1.82, 2.24) is 35.3 Å². The van der Waals surface area contributed by atoms with Gasteiger partial charge in [0.05, 0.1) is 59.2 Å². The molecule has 0 fully saturated rings. The molecule has 328 valence electrons. The van der Waals surface area contributed by atoms with Gasteiger partial charge in [-0.1, -0.05) is 73.7 Å². The molecule has 2 aromatic heterocycles. The molecular formula is C47H70N8O5. The largest absolute Gasteiger partial charge is 0.375 e. The van der Waals surface area contributed by atoms with Gasteiger partial charge in [-0.15, -0.1) is 10.2 Å². The minimum absolute atomic E-state index is 0.0656. The average molecular weight is 827 g/mol. The zero-order valence-corrected chi connectivity index (χ0v) is 38.4. The zero-order chi connectivity index (χ0) is 43.9. The van der Waals surface area contributed by atoms with Gasteiger partial charge >= 0.3 is 0 Å². The van der Waals surface area contributed by atoms with Crippen LogP contribution >= 0.6 is 0 Å². The number of fused-ring (bicyclic) bond motifs is 5. The maximum absolute atomic E-state index is 14.1. The zero-order valence-electron chi connectivity index (χ0n) is 38.4. The summed E-state index contributed by atoms with van der Waals surface area (Å²) in [5, 5.41) is 20.9. The molecule has 4 aromatic rings. The first-order valence-electron chi connectivity index (χ1n) is 21.5. The molecule has 1 N–H and O–H groups in total. The highest BCUT2D eigenvalue weighted by Gasteiger charge is 2.31. The molecule has 0 saturated heterocycles. The van der Waals surface area contributed by atoms with E-state index in [4.69, 9.17) is 19.3 Å². The SMILES string of the molecule is Cc1cn(C(C)(C)CCOC(C)(C)CCn2nnc3c2-c2ccccc2CN(C(=O)CCC(=O)NCCC(C)(C)OCCC(C)(C)OCC(C)(C)C)c2ccccc2-3)nn1. The van der Waals surface area contributed by atoms with Crippen LogP contribution in [0.1, 0.15) is 126 Å². The number of aromatic nitrogens is 6. The molecule has 0 radical (unpaired) electrons. The van der Waals surface area contributed by atoms with Crippen molar-refractivity contribution in [2.45, 2.75) is 157 Å². The van der Waals surface area contributed by atoms with Gasteiger partial charge < -0.3 is 24.4 Å². The second-order valence-corrected chi connectivity index (χ2v) is 20.0. The molecule has 3 heterocycles. The molecule has 13 nitrogen and oxygen atoms in total.